The molecular formula is C15H19ClN2O. The average Bonchev–Trinajstić information content (AvgIpc) is 2.46. The van der Waals surface area contributed by atoms with Gasteiger partial charge in [-0.15, -0.1) is 0 Å². The molecule has 0 N–H and O–H groups in total. The molecule has 2 rings (SSSR count). The molecule has 0 aromatic heterocycles. The Labute approximate surface area is 119 Å². The third-order valence-electron chi connectivity index (χ3n) is 3.42. The number of halogens is 1. The molecule has 0 bridgehead atoms. The Morgan fingerprint density at radius 3 is 2.42 bits per heavy atom. The second kappa shape index (κ2) is 6.73. The van der Waals surface area contributed by atoms with Gasteiger partial charge in [0.2, 0.25) is 5.91 Å². The van der Waals surface area contributed by atoms with Crippen molar-refractivity contribution in [2.75, 3.05) is 32.7 Å². The Balaban J connectivity index is 1.89. The molecule has 1 aromatic carbocycles. The van der Waals surface area contributed by atoms with Crippen molar-refractivity contribution in [3.63, 3.8) is 0 Å². The molecule has 0 unspecified atom stereocenters. The van der Waals surface area contributed by atoms with Crippen LogP contribution in [-0.2, 0) is 4.79 Å². The van der Waals surface area contributed by atoms with Crippen LogP contribution in [0.3, 0.4) is 0 Å². The Morgan fingerprint density at radius 1 is 1.21 bits per heavy atom. The molecule has 1 aromatic rings. The summed E-state index contributed by atoms with van der Waals surface area (Å²) in [6.45, 7) is 6.78. The summed E-state index contributed by atoms with van der Waals surface area (Å²) in [5, 5.41) is 0.708. The van der Waals surface area contributed by atoms with Crippen LogP contribution in [0.1, 0.15) is 12.5 Å². The van der Waals surface area contributed by atoms with Crippen molar-refractivity contribution in [2.24, 2.45) is 0 Å². The molecule has 4 heteroatoms. The number of nitrogens with zero attached hydrogens (tertiary/aromatic N) is 2. The maximum atomic E-state index is 12.0. The number of rotatable bonds is 3. The quantitative estimate of drug-likeness (QED) is 0.793. The maximum absolute atomic E-state index is 12.0. The fourth-order valence-electron chi connectivity index (χ4n) is 2.13. The maximum Gasteiger partial charge on any atom is 0.246 e. The fourth-order valence-corrected chi connectivity index (χ4v) is 2.26. The van der Waals surface area contributed by atoms with Gasteiger partial charge >= 0.3 is 0 Å². The molecule has 1 heterocycles. The Bertz CT molecular complexity index is 448. The number of benzene rings is 1. The van der Waals surface area contributed by atoms with Crippen molar-refractivity contribution in [2.45, 2.75) is 6.92 Å². The van der Waals surface area contributed by atoms with Crippen LogP contribution in [0.2, 0.25) is 5.02 Å². The molecular weight excluding hydrogens is 260 g/mol. The minimum Gasteiger partial charge on any atom is -0.337 e. The highest BCUT2D eigenvalue weighted by atomic mass is 35.5. The Kier molecular flexibility index (Phi) is 5.00. The minimum absolute atomic E-state index is 0.0886. The summed E-state index contributed by atoms with van der Waals surface area (Å²) in [4.78, 5) is 16.3. The van der Waals surface area contributed by atoms with Crippen LogP contribution < -0.4 is 0 Å². The van der Waals surface area contributed by atoms with Crippen LogP contribution in [0, 0.1) is 0 Å². The van der Waals surface area contributed by atoms with E-state index in [4.69, 9.17) is 11.6 Å². The van der Waals surface area contributed by atoms with E-state index in [1.165, 1.54) is 0 Å². The molecule has 0 atom stereocenters. The molecule has 3 nitrogen and oxygen atoms in total. The third kappa shape index (κ3) is 4.08. The number of hydrogen-bond acceptors (Lipinski definition) is 2. The fraction of sp³-hybridized carbons (Fsp3) is 0.400. The predicted molar refractivity (Wildman–Crippen MR) is 79.2 cm³/mol. The zero-order valence-corrected chi connectivity index (χ0v) is 11.9. The lowest BCUT2D eigenvalue weighted by molar-refractivity contribution is -0.127. The highest BCUT2D eigenvalue weighted by molar-refractivity contribution is 6.30. The lowest BCUT2D eigenvalue weighted by atomic mass is 10.2. The van der Waals surface area contributed by atoms with Gasteiger partial charge in [0.15, 0.2) is 0 Å². The lowest BCUT2D eigenvalue weighted by Gasteiger charge is -2.33. The molecule has 1 aliphatic heterocycles. The second-order valence-electron chi connectivity index (χ2n) is 4.64. The number of carbonyl (C=O) groups is 1. The van der Waals surface area contributed by atoms with Crippen molar-refractivity contribution >= 4 is 23.6 Å². The number of carbonyl (C=O) groups excluding carboxylic acids is 1. The molecule has 1 fully saturated rings. The number of hydrogen-bond donors (Lipinski definition) is 0. The number of amides is 1. The van der Waals surface area contributed by atoms with Crippen LogP contribution in [0.15, 0.2) is 30.3 Å². The first-order chi connectivity index (χ1) is 9.19. The molecule has 1 amide bonds. The minimum atomic E-state index is 0.0886. The van der Waals surface area contributed by atoms with Gasteiger partial charge in [0.1, 0.15) is 0 Å². The second-order valence-corrected chi connectivity index (χ2v) is 5.08. The summed E-state index contributed by atoms with van der Waals surface area (Å²) >= 11 is 5.82. The number of piperazine rings is 1. The van der Waals surface area contributed by atoms with E-state index >= 15 is 0 Å². The zero-order chi connectivity index (χ0) is 13.7. The van der Waals surface area contributed by atoms with E-state index in [0.29, 0.717) is 5.02 Å². The summed E-state index contributed by atoms with van der Waals surface area (Å²) in [5.41, 5.74) is 0.991. The molecule has 102 valence electrons. The highest BCUT2D eigenvalue weighted by Crippen LogP contribution is 2.11. The Morgan fingerprint density at radius 2 is 1.84 bits per heavy atom. The van der Waals surface area contributed by atoms with Crippen molar-refractivity contribution in [1.29, 1.82) is 0 Å². The van der Waals surface area contributed by atoms with Crippen molar-refractivity contribution in [1.82, 2.24) is 9.80 Å². The van der Waals surface area contributed by atoms with Crippen LogP contribution in [0.25, 0.3) is 6.08 Å². The first-order valence-electron chi connectivity index (χ1n) is 6.64. The van der Waals surface area contributed by atoms with E-state index < -0.39 is 0 Å². The summed E-state index contributed by atoms with van der Waals surface area (Å²) < 4.78 is 0. The highest BCUT2D eigenvalue weighted by Gasteiger charge is 2.17. The van der Waals surface area contributed by atoms with Crippen molar-refractivity contribution in [3.05, 3.63) is 40.9 Å². The van der Waals surface area contributed by atoms with E-state index in [1.807, 2.05) is 35.2 Å². The predicted octanol–water partition coefficient (Wildman–Crippen LogP) is 2.52. The first kappa shape index (κ1) is 14.1. The summed E-state index contributed by atoms with van der Waals surface area (Å²) in [7, 11) is 0. The van der Waals surface area contributed by atoms with Gasteiger partial charge in [-0.2, -0.15) is 0 Å². The average molecular weight is 279 g/mol. The van der Waals surface area contributed by atoms with Gasteiger partial charge < -0.3 is 9.80 Å². The van der Waals surface area contributed by atoms with Gasteiger partial charge in [0.25, 0.3) is 0 Å². The first-order valence-corrected chi connectivity index (χ1v) is 7.01. The molecule has 19 heavy (non-hydrogen) atoms. The molecule has 0 saturated carbocycles. The van der Waals surface area contributed by atoms with Gasteiger partial charge in [-0.1, -0.05) is 30.7 Å². The summed E-state index contributed by atoms with van der Waals surface area (Å²) in [6.07, 6.45) is 3.48. The molecule has 0 spiro atoms. The van der Waals surface area contributed by atoms with Gasteiger partial charge in [-0.25, -0.2) is 0 Å². The third-order valence-corrected chi connectivity index (χ3v) is 3.67. The monoisotopic (exact) mass is 278 g/mol. The smallest absolute Gasteiger partial charge is 0.246 e. The largest absolute Gasteiger partial charge is 0.337 e. The summed E-state index contributed by atoms with van der Waals surface area (Å²) in [5.74, 6) is 0.0886. The molecule has 0 aliphatic carbocycles. The van der Waals surface area contributed by atoms with Crippen LogP contribution in [0.5, 0.6) is 0 Å². The molecule has 1 aliphatic rings. The molecule has 0 radical (unpaired) electrons. The molecule has 1 saturated heterocycles. The van der Waals surface area contributed by atoms with E-state index in [0.717, 1.165) is 38.3 Å². The topological polar surface area (TPSA) is 23.6 Å². The van der Waals surface area contributed by atoms with Gasteiger partial charge in [-0.05, 0) is 30.3 Å². The normalized spacial score (nSPS) is 17.1. The van der Waals surface area contributed by atoms with Crippen molar-refractivity contribution < 1.29 is 4.79 Å². The van der Waals surface area contributed by atoms with Gasteiger partial charge in [-0.3, -0.25) is 4.79 Å². The van der Waals surface area contributed by atoms with E-state index in [-0.39, 0.29) is 5.91 Å². The lowest BCUT2D eigenvalue weighted by Crippen LogP contribution is -2.48. The van der Waals surface area contributed by atoms with Crippen molar-refractivity contribution in [3.8, 4) is 0 Å². The SMILES string of the molecule is CCN1CCN(C(=O)/C=C/c2ccc(Cl)cc2)CC1. The summed E-state index contributed by atoms with van der Waals surface area (Å²) in [6, 6.07) is 7.46. The van der Waals surface area contributed by atoms with E-state index in [9.17, 15) is 4.79 Å². The zero-order valence-electron chi connectivity index (χ0n) is 11.2. The number of likely N-dealkylation sites (N-methyl/N-ethyl adjacent to an activating group) is 1. The standard InChI is InChI=1S/C15H19ClN2O/c1-2-17-9-11-18(12-10-17)15(19)8-5-13-3-6-14(16)7-4-13/h3-8H,2,9-12H2,1H3/b8-5+. The van der Waals surface area contributed by atoms with Gasteiger partial charge in [0, 0.05) is 37.3 Å². The van der Waals surface area contributed by atoms with Gasteiger partial charge in [0.05, 0.1) is 0 Å². The van der Waals surface area contributed by atoms with Crippen LogP contribution in [-0.4, -0.2) is 48.4 Å². The van der Waals surface area contributed by atoms with E-state index in [1.54, 1.807) is 6.08 Å². The Hall–Kier alpha value is -1.32. The van der Waals surface area contributed by atoms with E-state index in [2.05, 4.69) is 11.8 Å². The van der Waals surface area contributed by atoms with Crippen LogP contribution in [0.4, 0.5) is 0 Å². The van der Waals surface area contributed by atoms with Crippen LogP contribution >= 0.6 is 11.6 Å².